The minimum Gasteiger partial charge on any atom is -0.329 e. The van der Waals surface area contributed by atoms with Gasteiger partial charge in [0.25, 0.3) is 0 Å². The molecule has 0 spiro atoms. The van der Waals surface area contributed by atoms with Crippen molar-refractivity contribution in [3.63, 3.8) is 0 Å². The molecule has 0 heterocycles. The van der Waals surface area contributed by atoms with Gasteiger partial charge in [-0.3, -0.25) is 0 Å². The van der Waals surface area contributed by atoms with Crippen molar-refractivity contribution < 1.29 is 0 Å². The smallest absolute Gasteiger partial charge is 0.0445 e. The Morgan fingerprint density at radius 3 is 2.39 bits per heavy atom. The molecule has 4 heteroatoms. The van der Waals surface area contributed by atoms with Crippen LogP contribution in [0.15, 0.2) is 18.2 Å². The topological polar surface area (TPSA) is 38.0 Å². The second-order valence-electron chi connectivity index (χ2n) is 5.21. The van der Waals surface area contributed by atoms with Gasteiger partial charge in [-0.05, 0) is 55.0 Å². The Hall–Kier alpha value is -0.280. The van der Waals surface area contributed by atoms with Crippen LogP contribution in [0.1, 0.15) is 31.4 Å². The summed E-state index contributed by atoms with van der Waals surface area (Å²) in [6.45, 7) is 3.84. The van der Waals surface area contributed by atoms with Gasteiger partial charge < -0.3 is 11.1 Å². The van der Waals surface area contributed by atoms with E-state index in [4.69, 9.17) is 28.9 Å². The maximum absolute atomic E-state index is 6.02. The molecule has 1 aliphatic carbocycles. The third kappa shape index (κ3) is 3.86. The highest BCUT2D eigenvalue weighted by molar-refractivity contribution is 6.34. The van der Waals surface area contributed by atoms with Crippen LogP contribution in [0.25, 0.3) is 0 Å². The molecule has 0 aromatic heterocycles. The van der Waals surface area contributed by atoms with Crippen LogP contribution in [0.2, 0.25) is 10.0 Å². The van der Waals surface area contributed by atoms with E-state index in [0.29, 0.717) is 22.5 Å². The van der Waals surface area contributed by atoms with Crippen molar-refractivity contribution in [2.45, 2.75) is 25.8 Å². The molecule has 1 aromatic carbocycles. The lowest BCUT2D eigenvalue weighted by Crippen LogP contribution is -2.32. The largest absolute Gasteiger partial charge is 0.329 e. The highest BCUT2D eigenvalue weighted by Crippen LogP contribution is 2.36. The summed E-state index contributed by atoms with van der Waals surface area (Å²) in [7, 11) is 0. The standard InChI is InChI=1S/C14H20Cl2N2/c1-9(10-2-3-10)8-18-14(7-17)11-4-12(15)6-13(16)5-11/h4-6,9-10,14,18H,2-3,7-8,17H2,1H3. The Labute approximate surface area is 119 Å². The number of nitrogens with two attached hydrogens (primary N) is 1. The first-order valence-electron chi connectivity index (χ1n) is 6.49. The Morgan fingerprint density at radius 1 is 1.28 bits per heavy atom. The molecule has 3 N–H and O–H groups in total. The average molecular weight is 287 g/mol. The van der Waals surface area contributed by atoms with Crippen LogP contribution in [0.4, 0.5) is 0 Å². The first-order chi connectivity index (χ1) is 8.60. The second kappa shape index (κ2) is 6.25. The Kier molecular flexibility index (Phi) is 4.91. The zero-order valence-corrected chi connectivity index (χ0v) is 12.1. The van der Waals surface area contributed by atoms with Crippen LogP contribution in [0.3, 0.4) is 0 Å². The van der Waals surface area contributed by atoms with Crippen LogP contribution >= 0.6 is 23.2 Å². The predicted octanol–water partition coefficient (Wildman–Crippen LogP) is 3.63. The van der Waals surface area contributed by atoms with Gasteiger partial charge in [-0.1, -0.05) is 30.1 Å². The minimum absolute atomic E-state index is 0.127. The lowest BCUT2D eigenvalue weighted by atomic mass is 10.0. The lowest BCUT2D eigenvalue weighted by Gasteiger charge is -2.20. The molecule has 2 atom stereocenters. The number of benzene rings is 1. The fraction of sp³-hybridized carbons (Fsp3) is 0.571. The third-order valence-electron chi connectivity index (χ3n) is 3.64. The molecule has 100 valence electrons. The van der Waals surface area contributed by atoms with Gasteiger partial charge in [0.1, 0.15) is 0 Å². The van der Waals surface area contributed by atoms with Gasteiger partial charge in [-0.25, -0.2) is 0 Å². The Bertz CT molecular complexity index is 385. The van der Waals surface area contributed by atoms with E-state index in [2.05, 4.69) is 12.2 Å². The number of halogens is 2. The summed E-state index contributed by atoms with van der Waals surface area (Å²) >= 11 is 12.0. The van der Waals surface area contributed by atoms with E-state index in [1.165, 1.54) is 12.8 Å². The minimum atomic E-state index is 0.127. The molecule has 0 aliphatic heterocycles. The van der Waals surface area contributed by atoms with E-state index in [-0.39, 0.29) is 6.04 Å². The highest BCUT2D eigenvalue weighted by atomic mass is 35.5. The molecule has 1 aromatic rings. The van der Waals surface area contributed by atoms with Gasteiger partial charge in [-0.15, -0.1) is 0 Å². The summed E-state index contributed by atoms with van der Waals surface area (Å²) in [5.74, 6) is 1.62. The summed E-state index contributed by atoms with van der Waals surface area (Å²) in [4.78, 5) is 0. The van der Waals surface area contributed by atoms with Gasteiger partial charge in [0.05, 0.1) is 0 Å². The second-order valence-corrected chi connectivity index (χ2v) is 6.09. The van der Waals surface area contributed by atoms with Gasteiger partial charge >= 0.3 is 0 Å². The fourth-order valence-corrected chi connectivity index (χ4v) is 2.82. The molecular weight excluding hydrogens is 267 g/mol. The molecule has 18 heavy (non-hydrogen) atoms. The Morgan fingerprint density at radius 2 is 1.89 bits per heavy atom. The van der Waals surface area contributed by atoms with Crippen LogP contribution in [-0.2, 0) is 0 Å². The van der Waals surface area contributed by atoms with Crippen LogP contribution in [-0.4, -0.2) is 13.1 Å². The molecule has 0 radical (unpaired) electrons. The summed E-state index contributed by atoms with van der Waals surface area (Å²) in [6.07, 6.45) is 2.75. The fourth-order valence-electron chi connectivity index (χ4n) is 2.27. The van der Waals surface area contributed by atoms with Crippen LogP contribution < -0.4 is 11.1 Å². The van der Waals surface area contributed by atoms with Crippen molar-refractivity contribution >= 4 is 23.2 Å². The monoisotopic (exact) mass is 286 g/mol. The van der Waals surface area contributed by atoms with E-state index in [0.717, 1.165) is 18.0 Å². The van der Waals surface area contributed by atoms with Gasteiger partial charge in [0.15, 0.2) is 0 Å². The molecule has 1 saturated carbocycles. The SMILES string of the molecule is CC(CNC(CN)c1cc(Cl)cc(Cl)c1)C1CC1. The van der Waals surface area contributed by atoms with Crippen molar-refractivity contribution in [1.29, 1.82) is 0 Å². The first kappa shape index (κ1) is 14.1. The molecule has 1 aliphatic rings. The average Bonchev–Trinajstić information content (AvgIpc) is 3.12. The third-order valence-corrected chi connectivity index (χ3v) is 4.07. The lowest BCUT2D eigenvalue weighted by molar-refractivity contribution is 0.423. The summed E-state index contributed by atoms with van der Waals surface area (Å²) < 4.78 is 0. The van der Waals surface area contributed by atoms with E-state index in [1.54, 1.807) is 6.07 Å². The quantitative estimate of drug-likeness (QED) is 0.838. The molecule has 0 saturated heterocycles. The molecule has 0 amide bonds. The van der Waals surface area contributed by atoms with Crippen molar-refractivity contribution in [3.8, 4) is 0 Å². The van der Waals surface area contributed by atoms with E-state index < -0.39 is 0 Å². The Balaban J connectivity index is 1.98. The number of hydrogen-bond acceptors (Lipinski definition) is 2. The summed E-state index contributed by atoms with van der Waals surface area (Å²) in [6, 6.07) is 5.73. The molecule has 0 bridgehead atoms. The normalized spacial score (nSPS) is 18.7. The zero-order valence-electron chi connectivity index (χ0n) is 10.6. The molecular formula is C14H20Cl2N2. The molecule has 2 unspecified atom stereocenters. The number of nitrogens with one attached hydrogen (secondary N) is 1. The van der Waals surface area contributed by atoms with Crippen molar-refractivity contribution in [1.82, 2.24) is 5.32 Å². The molecule has 2 nitrogen and oxygen atoms in total. The van der Waals surface area contributed by atoms with Crippen LogP contribution in [0.5, 0.6) is 0 Å². The van der Waals surface area contributed by atoms with Crippen LogP contribution in [0, 0.1) is 11.8 Å². The summed E-state index contributed by atoms with van der Waals surface area (Å²) in [5, 5.41) is 4.84. The van der Waals surface area contributed by atoms with Crippen molar-refractivity contribution in [3.05, 3.63) is 33.8 Å². The highest BCUT2D eigenvalue weighted by Gasteiger charge is 2.28. The van der Waals surface area contributed by atoms with Crippen molar-refractivity contribution in [2.75, 3.05) is 13.1 Å². The summed E-state index contributed by atoms with van der Waals surface area (Å²) in [5.41, 5.74) is 6.90. The molecule has 2 rings (SSSR count). The molecule has 1 fully saturated rings. The number of hydrogen-bond donors (Lipinski definition) is 2. The first-order valence-corrected chi connectivity index (χ1v) is 7.25. The van der Waals surface area contributed by atoms with E-state index >= 15 is 0 Å². The van der Waals surface area contributed by atoms with E-state index in [1.807, 2.05) is 12.1 Å². The number of rotatable bonds is 6. The van der Waals surface area contributed by atoms with Crippen molar-refractivity contribution in [2.24, 2.45) is 17.6 Å². The maximum Gasteiger partial charge on any atom is 0.0445 e. The van der Waals surface area contributed by atoms with Gasteiger partial charge in [0, 0.05) is 22.6 Å². The maximum atomic E-state index is 6.02. The van der Waals surface area contributed by atoms with Gasteiger partial charge in [-0.2, -0.15) is 0 Å². The van der Waals surface area contributed by atoms with Gasteiger partial charge in [0.2, 0.25) is 0 Å². The zero-order chi connectivity index (χ0) is 13.1. The predicted molar refractivity (Wildman–Crippen MR) is 78.1 cm³/mol. The van der Waals surface area contributed by atoms with E-state index in [9.17, 15) is 0 Å².